The SMILES string of the molecule is Cc1cc(-n2c(C)cc(/C=C/C(=O)N(C)Cc3c(C)nn(-c4ccccc4)c3C)c2C)no1. The fourth-order valence-corrected chi connectivity index (χ4v) is 4.10. The Labute approximate surface area is 193 Å². The van der Waals surface area contributed by atoms with Crippen LogP contribution in [0.5, 0.6) is 0 Å². The van der Waals surface area contributed by atoms with E-state index in [0.29, 0.717) is 6.54 Å². The fraction of sp³-hybridized carbons (Fsp3) is 0.269. The lowest BCUT2D eigenvalue weighted by Crippen LogP contribution is -2.24. The molecule has 4 rings (SSSR count). The van der Waals surface area contributed by atoms with Gasteiger partial charge in [-0.3, -0.25) is 9.36 Å². The van der Waals surface area contributed by atoms with Crippen LogP contribution in [0.3, 0.4) is 0 Å². The summed E-state index contributed by atoms with van der Waals surface area (Å²) in [6.45, 7) is 10.4. The summed E-state index contributed by atoms with van der Waals surface area (Å²) in [6.07, 6.45) is 3.48. The van der Waals surface area contributed by atoms with Gasteiger partial charge in [-0.05, 0) is 64.5 Å². The van der Waals surface area contributed by atoms with Crippen LogP contribution in [0.4, 0.5) is 0 Å². The van der Waals surface area contributed by atoms with Crippen LogP contribution in [0, 0.1) is 34.6 Å². The zero-order valence-electron chi connectivity index (χ0n) is 20.0. The molecular formula is C26H29N5O2. The number of likely N-dealkylation sites (N-methyl/N-ethyl adjacent to an activating group) is 1. The third kappa shape index (κ3) is 4.39. The Morgan fingerprint density at radius 1 is 1.06 bits per heavy atom. The van der Waals surface area contributed by atoms with E-state index in [9.17, 15) is 4.79 Å². The summed E-state index contributed by atoms with van der Waals surface area (Å²) in [4.78, 5) is 14.6. The zero-order chi connectivity index (χ0) is 23.7. The van der Waals surface area contributed by atoms with Gasteiger partial charge in [0.1, 0.15) is 5.76 Å². The Morgan fingerprint density at radius 2 is 1.79 bits per heavy atom. The second kappa shape index (κ2) is 8.94. The van der Waals surface area contributed by atoms with E-state index >= 15 is 0 Å². The van der Waals surface area contributed by atoms with Crippen molar-refractivity contribution >= 4 is 12.0 Å². The summed E-state index contributed by atoms with van der Waals surface area (Å²) >= 11 is 0. The molecule has 0 spiro atoms. The number of aromatic nitrogens is 4. The van der Waals surface area contributed by atoms with E-state index in [4.69, 9.17) is 4.52 Å². The molecule has 0 atom stereocenters. The van der Waals surface area contributed by atoms with Crippen LogP contribution in [0.1, 0.15) is 39.7 Å². The molecule has 7 heteroatoms. The molecule has 0 fully saturated rings. The van der Waals surface area contributed by atoms with Crippen LogP contribution in [0.25, 0.3) is 17.6 Å². The topological polar surface area (TPSA) is 69.1 Å². The summed E-state index contributed by atoms with van der Waals surface area (Å²) in [5.74, 6) is 1.43. The zero-order valence-corrected chi connectivity index (χ0v) is 20.0. The Morgan fingerprint density at radius 3 is 2.45 bits per heavy atom. The first-order valence-corrected chi connectivity index (χ1v) is 10.9. The standard InChI is InChI=1S/C26H29N5O2/c1-17-14-22(20(4)30(17)25-15-18(2)33-28-25)12-13-26(32)29(6)16-24-19(3)27-31(21(24)5)23-10-8-7-9-11-23/h7-15H,16H2,1-6H3/b13-12+. The molecule has 0 N–H and O–H groups in total. The fourth-order valence-electron chi connectivity index (χ4n) is 4.10. The van der Waals surface area contributed by atoms with Crippen LogP contribution >= 0.6 is 0 Å². The van der Waals surface area contributed by atoms with E-state index in [1.54, 1.807) is 11.0 Å². The minimum absolute atomic E-state index is 0.0663. The molecule has 0 aliphatic heterocycles. The minimum atomic E-state index is -0.0663. The van der Waals surface area contributed by atoms with E-state index < -0.39 is 0 Å². The van der Waals surface area contributed by atoms with Gasteiger partial charge in [0.15, 0.2) is 5.82 Å². The third-order valence-corrected chi connectivity index (χ3v) is 5.93. The van der Waals surface area contributed by atoms with Crippen molar-refractivity contribution in [2.45, 2.75) is 41.2 Å². The first-order chi connectivity index (χ1) is 15.8. The number of amides is 1. The highest BCUT2D eigenvalue weighted by molar-refractivity contribution is 5.91. The maximum absolute atomic E-state index is 12.9. The first kappa shape index (κ1) is 22.3. The van der Waals surface area contributed by atoms with Crippen LogP contribution in [0.2, 0.25) is 0 Å². The average Bonchev–Trinajstić information content (AvgIpc) is 3.43. The van der Waals surface area contributed by atoms with E-state index in [-0.39, 0.29) is 5.91 Å². The first-order valence-electron chi connectivity index (χ1n) is 10.9. The van der Waals surface area contributed by atoms with Gasteiger partial charge in [0.2, 0.25) is 5.91 Å². The summed E-state index contributed by atoms with van der Waals surface area (Å²) in [7, 11) is 1.81. The second-order valence-corrected chi connectivity index (χ2v) is 8.38. The van der Waals surface area contributed by atoms with Gasteiger partial charge in [-0.25, -0.2) is 4.68 Å². The maximum atomic E-state index is 12.9. The van der Waals surface area contributed by atoms with Crippen molar-refractivity contribution < 1.29 is 9.32 Å². The van der Waals surface area contributed by atoms with Crippen molar-refractivity contribution in [2.24, 2.45) is 0 Å². The molecule has 0 bridgehead atoms. The van der Waals surface area contributed by atoms with E-state index in [0.717, 1.165) is 51.2 Å². The Balaban J connectivity index is 1.51. The predicted octanol–water partition coefficient (Wildman–Crippen LogP) is 4.86. The van der Waals surface area contributed by atoms with Crippen molar-refractivity contribution in [3.05, 3.63) is 88.2 Å². The maximum Gasteiger partial charge on any atom is 0.246 e. The molecule has 0 saturated carbocycles. The normalized spacial score (nSPS) is 11.5. The average molecular weight is 444 g/mol. The lowest BCUT2D eigenvalue weighted by atomic mass is 10.1. The quantitative estimate of drug-likeness (QED) is 0.399. The molecule has 4 aromatic rings. The van der Waals surface area contributed by atoms with Crippen molar-refractivity contribution in [1.82, 2.24) is 24.4 Å². The van der Waals surface area contributed by atoms with Crippen molar-refractivity contribution in [3.8, 4) is 11.5 Å². The smallest absolute Gasteiger partial charge is 0.246 e. The molecule has 1 aromatic carbocycles. The molecule has 0 unspecified atom stereocenters. The molecule has 1 amide bonds. The van der Waals surface area contributed by atoms with Crippen LogP contribution < -0.4 is 0 Å². The number of rotatable bonds is 6. The molecule has 33 heavy (non-hydrogen) atoms. The van der Waals surface area contributed by atoms with Gasteiger partial charge >= 0.3 is 0 Å². The molecule has 0 aliphatic carbocycles. The Hall–Kier alpha value is -3.87. The van der Waals surface area contributed by atoms with Crippen molar-refractivity contribution in [3.63, 3.8) is 0 Å². The van der Waals surface area contributed by atoms with Gasteiger partial charge in [0.05, 0.1) is 11.4 Å². The monoisotopic (exact) mass is 443 g/mol. The number of carbonyl (C=O) groups excluding carboxylic acids is 1. The van der Waals surface area contributed by atoms with Crippen LogP contribution in [-0.2, 0) is 11.3 Å². The molecule has 170 valence electrons. The molecule has 3 heterocycles. The molecule has 3 aromatic heterocycles. The van der Waals surface area contributed by atoms with Gasteiger partial charge in [-0.2, -0.15) is 5.10 Å². The van der Waals surface area contributed by atoms with Crippen molar-refractivity contribution in [1.29, 1.82) is 0 Å². The Kier molecular flexibility index (Phi) is 6.05. The van der Waals surface area contributed by atoms with Gasteiger partial charge in [-0.15, -0.1) is 0 Å². The van der Waals surface area contributed by atoms with Crippen molar-refractivity contribution in [2.75, 3.05) is 7.05 Å². The van der Waals surface area contributed by atoms with Gasteiger partial charge < -0.3 is 9.42 Å². The highest BCUT2D eigenvalue weighted by atomic mass is 16.5. The predicted molar refractivity (Wildman–Crippen MR) is 129 cm³/mol. The second-order valence-electron chi connectivity index (χ2n) is 8.38. The van der Waals surface area contributed by atoms with Crippen LogP contribution in [-0.4, -0.2) is 37.4 Å². The number of nitrogens with zero attached hydrogens (tertiary/aromatic N) is 5. The number of hydrogen-bond donors (Lipinski definition) is 0. The van der Waals surface area contributed by atoms with E-state index in [1.807, 2.05) is 99.5 Å². The molecule has 7 nitrogen and oxygen atoms in total. The molecular weight excluding hydrogens is 414 g/mol. The van der Waals surface area contributed by atoms with Gasteiger partial charge in [-0.1, -0.05) is 23.4 Å². The lowest BCUT2D eigenvalue weighted by Gasteiger charge is -2.15. The number of para-hydroxylation sites is 1. The largest absolute Gasteiger partial charge is 0.360 e. The third-order valence-electron chi connectivity index (χ3n) is 5.93. The molecule has 0 saturated heterocycles. The number of carbonyl (C=O) groups is 1. The van der Waals surface area contributed by atoms with Gasteiger partial charge in [0, 0.05) is 48.4 Å². The number of aryl methyl sites for hydroxylation is 3. The highest BCUT2D eigenvalue weighted by Gasteiger charge is 2.17. The van der Waals surface area contributed by atoms with Crippen LogP contribution in [0.15, 0.2) is 53.1 Å². The minimum Gasteiger partial charge on any atom is -0.360 e. The van der Waals surface area contributed by atoms with E-state index in [1.165, 1.54) is 0 Å². The molecule has 0 aliphatic rings. The van der Waals surface area contributed by atoms with Gasteiger partial charge in [0.25, 0.3) is 0 Å². The summed E-state index contributed by atoms with van der Waals surface area (Å²) in [6, 6.07) is 14.0. The Bertz CT molecular complexity index is 1320. The number of hydrogen-bond acceptors (Lipinski definition) is 4. The highest BCUT2D eigenvalue weighted by Crippen LogP contribution is 2.22. The number of benzene rings is 1. The van der Waals surface area contributed by atoms with E-state index in [2.05, 4.69) is 10.3 Å². The summed E-state index contributed by atoms with van der Waals surface area (Å²) in [5, 5.41) is 8.80. The lowest BCUT2D eigenvalue weighted by molar-refractivity contribution is -0.125. The summed E-state index contributed by atoms with van der Waals surface area (Å²) < 4.78 is 9.17. The molecule has 0 radical (unpaired) electrons. The summed E-state index contributed by atoms with van der Waals surface area (Å²) in [5.41, 5.74) is 7.03.